The van der Waals surface area contributed by atoms with E-state index in [-0.39, 0.29) is 0 Å². The summed E-state index contributed by atoms with van der Waals surface area (Å²) in [5.41, 5.74) is 1.19. The van der Waals surface area contributed by atoms with Crippen LogP contribution in [0.25, 0.3) is 0 Å². The fourth-order valence-corrected chi connectivity index (χ4v) is 1.08. The van der Waals surface area contributed by atoms with E-state index in [9.17, 15) is 0 Å². The predicted octanol–water partition coefficient (Wildman–Crippen LogP) is 0.948. The maximum atomic E-state index is 8.81. The molecule has 0 aromatic carbocycles. The van der Waals surface area contributed by atoms with Crippen LogP contribution in [-0.2, 0) is 6.54 Å². The van der Waals surface area contributed by atoms with Gasteiger partial charge in [0, 0.05) is 6.20 Å². The van der Waals surface area contributed by atoms with Crippen LogP contribution in [0.1, 0.15) is 11.4 Å². The minimum atomic E-state index is 0.400. The second-order valence-electron chi connectivity index (χ2n) is 2.73. The summed E-state index contributed by atoms with van der Waals surface area (Å²) in [6, 6.07) is 3.70. The quantitative estimate of drug-likeness (QED) is 0.795. The van der Waals surface area contributed by atoms with E-state index in [0.717, 1.165) is 0 Å². The molecule has 0 aliphatic carbocycles. The highest BCUT2D eigenvalue weighted by atomic mass is 16.5. The van der Waals surface area contributed by atoms with E-state index in [0.29, 0.717) is 23.6 Å². The second kappa shape index (κ2) is 4.19. The first-order chi connectivity index (χ1) is 7.40. The summed E-state index contributed by atoms with van der Waals surface area (Å²) in [7, 11) is 0. The van der Waals surface area contributed by atoms with Crippen molar-refractivity contribution in [2.24, 2.45) is 0 Å². The van der Waals surface area contributed by atoms with Crippen LogP contribution >= 0.6 is 0 Å². The number of pyridine rings is 1. The van der Waals surface area contributed by atoms with Gasteiger partial charge in [0.05, 0.1) is 24.0 Å². The molecule has 6 heteroatoms. The lowest BCUT2D eigenvalue weighted by Gasteiger charge is -2.03. The molecule has 0 radical (unpaired) electrons. The number of nitrogens with zero attached hydrogens (tertiary/aromatic N) is 4. The van der Waals surface area contributed by atoms with Gasteiger partial charge < -0.3 is 9.84 Å². The highest BCUT2D eigenvalue weighted by Gasteiger charge is 2.02. The molecule has 0 aliphatic rings. The minimum Gasteiger partial charge on any atom is -0.375 e. The van der Waals surface area contributed by atoms with Gasteiger partial charge in [-0.05, 0) is 6.07 Å². The molecule has 15 heavy (non-hydrogen) atoms. The summed E-state index contributed by atoms with van der Waals surface area (Å²) in [6.45, 7) is 0.400. The number of nitriles is 1. The average Bonchev–Trinajstić information content (AvgIpc) is 2.79. The summed E-state index contributed by atoms with van der Waals surface area (Å²) in [4.78, 5) is 7.76. The summed E-state index contributed by atoms with van der Waals surface area (Å²) in [6.07, 6.45) is 4.40. The van der Waals surface area contributed by atoms with Gasteiger partial charge in [-0.1, -0.05) is 5.16 Å². The van der Waals surface area contributed by atoms with Gasteiger partial charge in [0.1, 0.15) is 6.07 Å². The third-order valence-electron chi connectivity index (χ3n) is 1.79. The molecule has 0 unspecified atom stereocenters. The van der Waals surface area contributed by atoms with Crippen molar-refractivity contribution in [1.29, 1.82) is 5.26 Å². The fraction of sp³-hybridized carbons (Fsp3) is 0.111. The molecule has 2 rings (SSSR count). The molecular formula is C9H7N5O. The second-order valence-corrected chi connectivity index (χ2v) is 2.73. The maximum Gasteiger partial charge on any atom is 0.213 e. The molecule has 0 aliphatic heterocycles. The Labute approximate surface area is 85.6 Å². The molecule has 74 valence electrons. The summed E-state index contributed by atoms with van der Waals surface area (Å²) in [5, 5.41) is 15.4. The fourth-order valence-electron chi connectivity index (χ4n) is 1.08. The highest BCUT2D eigenvalue weighted by Crippen LogP contribution is 2.12. The highest BCUT2D eigenvalue weighted by molar-refractivity contribution is 5.55. The Morgan fingerprint density at radius 2 is 2.47 bits per heavy atom. The van der Waals surface area contributed by atoms with Gasteiger partial charge in [0.2, 0.25) is 6.39 Å². The Morgan fingerprint density at radius 3 is 3.20 bits per heavy atom. The standard InChI is InChI=1S/C9H7N5O/c10-3-7-1-2-11-4-8(7)12-5-9-13-6-15-14-9/h1-2,4,6,12H,5H2. The zero-order valence-electron chi connectivity index (χ0n) is 7.71. The van der Waals surface area contributed by atoms with Crippen molar-refractivity contribution in [3.63, 3.8) is 0 Å². The van der Waals surface area contributed by atoms with Gasteiger partial charge in [0.15, 0.2) is 5.82 Å². The molecule has 0 amide bonds. The van der Waals surface area contributed by atoms with Gasteiger partial charge >= 0.3 is 0 Å². The molecule has 1 N–H and O–H groups in total. The van der Waals surface area contributed by atoms with Crippen molar-refractivity contribution in [3.05, 3.63) is 36.2 Å². The van der Waals surface area contributed by atoms with Crippen LogP contribution in [0.4, 0.5) is 5.69 Å². The molecule has 0 bridgehead atoms. The van der Waals surface area contributed by atoms with Crippen molar-refractivity contribution < 1.29 is 4.52 Å². The smallest absolute Gasteiger partial charge is 0.213 e. The van der Waals surface area contributed by atoms with Crippen molar-refractivity contribution in [1.82, 2.24) is 15.1 Å². The predicted molar refractivity (Wildman–Crippen MR) is 50.6 cm³/mol. The third-order valence-corrected chi connectivity index (χ3v) is 1.79. The molecule has 0 spiro atoms. The van der Waals surface area contributed by atoms with Gasteiger partial charge in [-0.15, -0.1) is 0 Å². The van der Waals surface area contributed by atoms with Crippen molar-refractivity contribution >= 4 is 5.69 Å². The maximum absolute atomic E-state index is 8.81. The molecule has 2 aromatic rings. The summed E-state index contributed by atoms with van der Waals surface area (Å²) < 4.78 is 4.58. The van der Waals surface area contributed by atoms with Crippen LogP contribution in [0.2, 0.25) is 0 Å². The first-order valence-electron chi connectivity index (χ1n) is 4.23. The molecule has 0 saturated heterocycles. The molecular weight excluding hydrogens is 194 g/mol. The Morgan fingerprint density at radius 1 is 1.53 bits per heavy atom. The Balaban J connectivity index is 2.08. The van der Waals surface area contributed by atoms with Crippen molar-refractivity contribution in [3.8, 4) is 6.07 Å². The molecule has 2 aromatic heterocycles. The minimum absolute atomic E-state index is 0.400. The van der Waals surface area contributed by atoms with Crippen molar-refractivity contribution in [2.45, 2.75) is 6.54 Å². The summed E-state index contributed by atoms with van der Waals surface area (Å²) >= 11 is 0. The van der Waals surface area contributed by atoms with Crippen LogP contribution in [0.5, 0.6) is 0 Å². The number of hydrogen-bond acceptors (Lipinski definition) is 6. The van der Waals surface area contributed by atoms with Crippen LogP contribution in [0.3, 0.4) is 0 Å². The van der Waals surface area contributed by atoms with Gasteiger partial charge in [0.25, 0.3) is 0 Å². The number of nitrogens with one attached hydrogen (secondary N) is 1. The molecule has 0 fully saturated rings. The van der Waals surface area contributed by atoms with Crippen LogP contribution in [-0.4, -0.2) is 15.1 Å². The van der Waals surface area contributed by atoms with E-state index in [1.807, 2.05) is 0 Å². The Hall–Kier alpha value is -2.42. The van der Waals surface area contributed by atoms with E-state index in [1.165, 1.54) is 6.39 Å². The lowest BCUT2D eigenvalue weighted by Crippen LogP contribution is -2.03. The number of anilines is 1. The number of hydrogen-bond donors (Lipinski definition) is 1. The zero-order valence-corrected chi connectivity index (χ0v) is 7.71. The van der Waals surface area contributed by atoms with Gasteiger partial charge in [-0.3, -0.25) is 4.98 Å². The number of aromatic nitrogens is 3. The van der Waals surface area contributed by atoms with Crippen LogP contribution in [0, 0.1) is 11.3 Å². The van der Waals surface area contributed by atoms with E-state index in [4.69, 9.17) is 5.26 Å². The third kappa shape index (κ3) is 2.08. The van der Waals surface area contributed by atoms with E-state index < -0.39 is 0 Å². The molecule has 0 atom stereocenters. The van der Waals surface area contributed by atoms with E-state index in [2.05, 4.69) is 31.0 Å². The van der Waals surface area contributed by atoms with Gasteiger partial charge in [-0.2, -0.15) is 10.2 Å². The zero-order chi connectivity index (χ0) is 10.5. The SMILES string of the molecule is N#Cc1ccncc1NCc1ncon1. The average molecular weight is 201 g/mol. The van der Waals surface area contributed by atoms with E-state index in [1.54, 1.807) is 18.5 Å². The molecule has 6 nitrogen and oxygen atoms in total. The Kier molecular flexibility index (Phi) is 2.56. The first-order valence-corrected chi connectivity index (χ1v) is 4.23. The number of rotatable bonds is 3. The Bertz CT molecular complexity index is 473. The van der Waals surface area contributed by atoms with E-state index >= 15 is 0 Å². The molecule has 0 saturated carbocycles. The topological polar surface area (TPSA) is 87.6 Å². The lowest BCUT2D eigenvalue weighted by atomic mass is 10.2. The summed E-state index contributed by atoms with van der Waals surface area (Å²) in [5.74, 6) is 0.530. The van der Waals surface area contributed by atoms with Crippen LogP contribution < -0.4 is 5.32 Å². The monoisotopic (exact) mass is 201 g/mol. The van der Waals surface area contributed by atoms with Crippen LogP contribution in [0.15, 0.2) is 29.4 Å². The van der Waals surface area contributed by atoms with Gasteiger partial charge in [-0.25, -0.2) is 0 Å². The lowest BCUT2D eigenvalue weighted by molar-refractivity contribution is 0.411. The normalized spacial score (nSPS) is 9.53. The first kappa shape index (κ1) is 9.15. The largest absolute Gasteiger partial charge is 0.375 e. The molecule has 2 heterocycles. The van der Waals surface area contributed by atoms with Crippen molar-refractivity contribution in [2.75, 3.05) is 5.32 Å².